The second-order valence-corrected chi connectivity index (χ2v) is 6.47. The van der Waals surface area contributed by atoms with Gasteiger partial charge >= 0.3 is 0 Å². The molecule has 4 aromatic rings. The van der Waals surface area contributed by atoms with Gasteiger partial charge in [0.15, 0.2) is 0 Å². The summed E-state index contributed by atoms with van der Waals surface area (Å²) in [4.78, 5) is 21.6. The van der Waals surface area contributed by atoms with Gasteiger partial charge < -0.3 is 14.6 Å². The summed E-state index contributed by atoms with van der Waals surface area (Å²) in [6.07, 6.45) is 4.61. The first kappa shape index (κ1) is 17.8. The number of aromatic nitrogens is 4. The molecule has 4 heterocycles. The van der Waals surface area contributed by atoms with Gasteiger partial charge in [-0.2, -0.15) is 5.10 Å². The van der Waals surface area contributed by atoms with Crippen molar-refractivity contribution in [3.63, 3.8) is 0 Å². The lowest BCUT2D eigenvalue weighted by Gasteiger charge is -2.30. The van der Waals surface area contributed by atoms with Gasteiger partial charge in [0.05, 0.1) is 19.0 Å². The van der Waals surface area contributed by atoms with Gasteiger partial charge in [0.25, 0.3) is 5.91 Å². The molecular formula is C21H21N5O2. The van der Waals surface area contributed by atoms with E-state index in [1.807, 2.05) is 53.4 Å². The Labute approximate surface area is 162 Å². The number of aromatic amines is 2. The number of fused-ring (bicyclic) bond motifs is 1. The molecule has 1 aromatic carbocycles. The number of amides is 1. The van der Waals surface area contributed by atoms with Crippen LogP contribution in [0.3, 0.4) is 0 Å². The first-order valence-electron chi connectivity index (χ1n) is 9.12. The van der Waals surface area contributed by atoms with Crippen molar-refractivity contribution < 1.29 is 9.53 Å². The van der Waals surface area contributed by atoms with E-state index in [0.717, 1.165) is 47.6 Å². The molecule has 1 amide bonds. The lowest BCUT2D eigenvalue weighted by atomic mass is 10.2. The van der Waals surface area contributed by atoms with Crippen LogP contribution in [0.2, 0.25) is 0 Å². The number of carbonyl (C=O) groups is 1. The number of ether oxygens (including phenoxy) is 1. The highest BCUT2D eigenvalue weighted by atomic mass is 16.5. The number of nitrogens with zero attached hydrogens (tertiary/aromatic N) is 3. The fraction of sp³-hybridized carbons (Fsp3) is 0.190. The lowest BCUT2D eigenvalue weighted by Crippen LogP contribution is -2.42. The van der Waals surface area contributed by atoms with Gasteiger partial charge in [0.1, 0.15) is 17.1 Å². The maximum Gasteiger partial charge on any atom is 0.270 e. The molecule has 0 spiro atoms. The zero-order chi connectivity index (χ0) is 19.3. The van der Waals surface area contributed by atoms with Crippen LogP contribution in [0.5, 0.6) is 5.75 Å². The van der Waals surface area contributed by atoms with Gasteiger partial charge in [0.2, 0.25) is 0 Å². The Kier molecular flexibility index (Phi) is 5.05. The molecule has 2 N–H and O–H groups in total. The van der Waals surface area contributed by atoms with Gasteiger partial charge in [-0.25, -0.2) is 4.98 Å². The molecule has 7 nitrogen and oxygen atoms in total. The predicted octanol–water partition coefficient (Wildman–Crippen LogP) is 3.49. The molecule has 1 aliphatic rings. The first-order valence-corrected chi connectivity index (χ1v) is 9.12. The molecule has 0 bridgehead atoms. The highest BCUT2D eigenvalue weighted by molar-refractivity contribution is 5.97. The van der Waals surface area contributed by atoms with E-state index in [0.29, 0.717) is 5.69 Å². The summed E-state index contributed by atoms with van der Waals surface area (Å²) in [6.45, 7) is 1.70. The molecule has 7 heteroatoms. The largest absolute Gasteiger partial charge is 0.497 e. The summed E-state index contributed by atoms with van der Waals surface area (Å²) in [7, 11) is 1.66. The third-order valence-electron chi connectivity index (χ3n) is 4.63. The maximum absolute atomic E-state index is 12.2. The highest BCUT2D eigenvalue weighted by Crippen LogP contribution is 2.21. The number of rotatable bonds is 3. The Morgan fingerprint density at radius 1 is 1.14 bits per heavy atom. The van der Waals surface area contributed by atoms with Crippen molar-refractivity contribution in [2.45, 2.75) is 6.42 Å². The van der Waals surface area contributed by atoms with Crippen molar-refractivity contribution in [3.05, 3.63) is 66.6 Å². The van der Waals surface area contributed by atoms with Crippen molar-refractivity contribution in [1.82, 2.24) is 25.1 Å². The minimum atomic E-state index is 0.0547. The van der Waals surface area contributed by atoms with E-state index in [1.54, 1.807) is 19.5 Å². The van der Waals surface area contributed by atoms with Crippen molar-refractivity contribution in [1.29, 1.82) is 0 Å². The van der Waals surface area contributed by atoms with Gasteiger partial charge in [-0.15, -0.1) is 0 Å². The summed E-state index contributed by atoms with van der Waals surface area (Å²) < 4.78 is 4.91. The number of H-pyrrole nitrogens is 2. The zero-order valence-corrected chi connectivity index (χ0v) is 15.6. The van der Waals surface area contributed by atoms with Crippen molar-refractivity contribution in [3.8, 4) is 17.0 Å². The third kappa shape index (κ3) is 3.73. The minimum absolute atomic E-state index is 0.0547. The van der Waals surface area contributed by atoms with E-state index in [-0.39, 0.29) is 5.91 Å². The predicted molar refractivity (Wildman–Crippen MR) is 107 cm³/mol. The Bertz CT molecular complexity index is 1050. The minimum Gasteiger partial charge on any atom is -0.497 e. The van der Waals surface area contributed by atoms with E-state index in [1.165, 1.54) is 0 Å². The number of hydrogen-bond donors (Lipinski definition) is 2. The molecule has 0 unspecified atom stereocenters. The molecule has 0 saturated carbocycles. The third-order valence-corrected chi connectivity index (χ3v) is 4.63. The lowest BCUT2D eigenvalue weighted by molar-refractivity contribution is 0.0646. The highest BCUT2D eigenvalue weighted by Gasteiger charge is 2.23. The van der Waals surface area contributed by atoms with E-state index in [2.05, 4.69) is 20.2 Å². The Balaban J connectivity index is 0.000000203. The van der Waals surface area contributed by atoms with Crippen molar-refractivity contribution in [2.75, 3.05) is 20.2 Å². The van der Waals surface area contributed by atoms with Crippen LogP contribution >= 0.6 is 0 Å². The maximum atomic E-state index is 12.2. The molecular weight excluding hydrogens is 354 g/mol. The summed E-state index contributed by atoms with van der Waals surface area (Å²) in [5, 5.41) is 7.63. The van der Waals surface area contributed by atoms with E-state index >= 15 is 0 Å². The number of hydrogen-bond acceptors (Lipinski definition) is 4. The molecule has 3 aromatic heterocycles. The van der Waals surface area contributed by atoms with Crippen LogP contribution in [-0.4, -0.2) is 51.2 Å². The van der Waals surface area contributed by atoms with Gasteiger partial charge in [0, 0.05) is 30.2 Å². The smallest absolute Gasteiger partial charge is 0.270 e. The van der Waals surface area contributed by atoms with Crippen molar-refractivity contribution in [2.24, 2.45) is 0 Å². The topological polar surface area (TPSA) is 86.9 Å². The first-order chi connectivity index (χ1) is 13.7. The number of methoxy groups -OCH3 is 1. The fourth-order valence-electron chi connectivity index (χ4n) is 2.92. The number of likely N-dealkylation sites (tertiary alicyclic amines) is 1. The molecule has 28 heavy (non-hydrogen) atoms. The standard InChI is InChI=1S/C14H13N5O.C7H8O/c20-14(19-4-1-5-19)12-6-9-2-3-11(17-13(9)18-12)10-7-15-16-8-10;1-8-7-5-3-2-4-6-7/h2-3,6-8H,1,4-5H2,(H,15,16)(H,17,18);2-6H,1H3. The molecule has 0 radical (unpaired) electrons. The molecule has 1 aliphatic heterocycles. The monoisotopic (exact) mass is 375 g/mol. The van der Waals surface area contributed by atoms with E-state index in [9.17, 15) is 4.79 Å². The van der Waals surface area contributed by atoms with Crippen LogP contribution in [-0.2, 0) is 0 Å². The number of carbonyl (C=O) groups excluding carboxylic acids is 1. The summed E-state index contributed by atoms with van der Waals surface area (Å²) >= 11 is 0. The Morgan fingerprint density at radius 3 is 2.57 bits per heavy atom. The normalized spacial score (nSPS) is 12.8. The molecule has 142 valence electrons. The van der Waals surface area contributed by atoms with Crippen LogP contribution in [0.1, 0.15) is 16.9 Å². The molecule has 1 fully saturated rings. The molecule has 0 atom stereocenters. The van der Waals surface area contributed by atoms with E-state index in [4.69, 9.17) is 4.74 Å². The zero-order valence-electron chi connectivity index (χ0n) is 15.6. The number of para-hydroxylation sites is 1. The van der Waals surface area contributed by atoms with Gasteiger partial charge in [-0.3, -0.25) is 9.89 Å². The number of nitrogens with one attached hydrogen (secondary N) is 2. The SMILES string of the molecule is COc1ccccc1.O=C(c1cc2ccc(-c3cn[nH]c3)nc2[nH]1)N1CCC1. The summed E-state index contributed by atoms with van der Waals surface area (Å²) in [5.41, 5.74) is 3.09. The number of pyridine rings is 1. The fourth-order valence-corrected chi connectivity index (χ4v) is 2.92. The molecule has 0 aliphatic carbocycles. The van der Waals surface area contributed by atoms with Crippen molar-refractivity contribution >= 4 is 16.9 Å². The Hall–Kier alpha value is -3.61. The van der Waals surface area contributed by atoms with Crippen LogP contribution in [0.25, 0.3) is 22.3 Å². The van der Waals surface area contributed by atoms with E-state index < -0.39 is 0 Å². The van der Waals surface area contributed by atoms with Crippen LogP contribution < -0.4 is 4.74 Å². The summed E-state index contributed by atoms with van der Waals surface area (Å²) in [5.74, 6) is 0.964. The van der Waals surface area contributed by atoms with Crippen LogP contribution in [0.4, 0.5) is 0 Å². The second-order valence-electron chi connectivity index (χ2n) is 6.47. The van der Waals surface area contributed by atoms with Crippen LogP contribution in [0.15, 0.2) is 60.9 Å². The quantitative estimate of drug-likeness (QED) is 0.574. The molecule has 5 rings (SSSR count). The summed E-state index contributed by atoms with van der Waals surface area (Å²) in [6, 6.07) is 15.4. The average molecular weight is 375 g/mol. The molecule has 1 saturated heterocycles. The second kappa shape index (κ2) is 7.96. The van der Waals surface area contributed by atoms with Gasteiger partial charge in [-0.05, 0) is 36.8 Å². The number of benzene rings is 1. The average Bonchev–Trinajstić information content (AvgIpc) is 3.37. The Morgan fingerprint density at radius 2 is 1.96 bits per heavy atom. The van der Waals surface area contributed by atoms with Gasteiger partial charge in [-0.1, -0.05) is 18.2 Å². The van der Waals surface area contributed by atoms with Crippen LogP contribution in [0, 0.1) is 0 Å².